The Balaban J connectivity index is 1.56. The predicted octanol–water partition coefficient (Wildman–Crippen LogP) is 3.81. The van der Waals surface area contributed by atoms with Crippen molar-refractivity contribution in [2.45, 2.75) is 6.92 Å². The summed E-state index contributed by atoms with van der Waals surface area (Å²) in [6.45, 7) is 1.94. The number of hydrogen-bond donors (Lipinski definition) is 3. The minimum absolute atomic E-state index is 0.0529. The largest absolute Gasteiger partial charge is 0.497 e. The number of carbonyl (C=O) groups is 1. The quantitative estimate of drug-likeness (QED) is 0.282. The van der Waals surface area contributed by atoms with Crippen LogP contribution in [0.15, 0.2) is 48.8 Å². The molecule has 12 heteroatoms. The molecule has 1 amide bonds. The lowest BCUT2D eigenvalue weighted by Crippen LogP contribution is -2.30. The maximum atomic E-state index is 12.4. The molecule has 0 saturated carbocycles. The number of nitro groups is 1. The number of nitrogens with zero attached hydrogens (tertiary/aromatic N) is 4. The summed E-state index contributed by atoms with van der Waals surface area (Å²) < 4.78 is 6.00. The Hall–Kier alpha value is -4.32. The van der Waals surface area contributed by atoms with Crippen molar-refractivity contribution in [3.05, 3.63) is 70.0 Å². The molecule has 2 aromatic carbocycles. The molecule has 162 valence electrons. The van der Waals surface area contributed by atoms with E-state index in [0.717, 1.165) is 22.1 Å². The first-order chi connectivity index (χ1) is 15.5. The van der Waals surface area contributed by atoms with Gasteiger partial charge in [0.1, 0.15) is 12.1 Å². The number of ether oxygens (including phenoxy) is 1. The van der Waals surface area contributed by atoms with E-state index in [0.29, 0.717) is 16.4 Å². The molecule has 4 rings (SSSR count). The fraction of sp³-hybridized carbons (Fsp3) is 0.100. The van der Waals surface area contributed by atoms with E-state index in [1.165, 1.54) is 18.4 Å². The van der Waals surface area contributed by atoms with Crippen molar-refractivity contribution in [1.82, 2.24) is 20.4 Å². The molecule has 4 aromatic rings. The van der Waals surface area contributed by atoms with Crippen molar-refractivity contribution in [3.8, 4) is 5.75 Å². The molecule has 2 heterocycles. The summed E-state index contributed by atoms with van der Waals surface area (Å²) in [6.07, 6.45) is 1.15. The first-order valence-corrected chi connectivity index (χ1v) is 10.1. The number of amides is 1. The van der Waals surface area contributed by atoms with Gasteiger partial charge in [-0.15, -0.1) is 0 Å². The van der Waals surface area contributed by atoms with Crippen LogP contribution in [0.1, 0.15) is 15.9 Å². The van der Waals surface area contributed by atoms with Gasteiger partial charge >= 0.3 is 5.69 Å². The van der Waals surface area contributed by atoms with Gasteiger partial charge in [0.15, 0.2) is 5.13 Å². The average molecular weight is 451 g/mol. The molecular weight excluding hydrogens is 434 g/mol. The van der Waals surface area contributed by atoms with Gasteiger partial charge in [0.25, 0.3) is 5.91 Å². The number of aromatic nitrogens is 3. The Morgan fingerprint density at radius 2 is 1.88 bits per heavy atom. The van der Waals surface area contributed by atoms with Gasteiger partial charge in [-0.25, -0.2) is 15.0 Å². The number of hydrazine groups is 1. The molecule has 2 aromatic heterocycles. The van der Waals surface area contributed by atoms with E-state index in [9.17, 15) is 14.9 Å². The highest BCUT2D eigenvalue weighted by atomic mass is 32.1. The van der Waals surface area contributed by atoms with Gasteiger partial charge in [0.2, 0.25) is 11.6 Å². The third-order valence-electron chi connectivity index (χ3n) is 4.50. The highest BCUT2D eigenvalue weighted by Gasteiger charge is 2.24. The van der Waals surface area contributed by atoms with E-state index < -0.39 is 16.5 Å². The normalized spacial score (nSPS) is 10.6. The Morgan fingerprint density at radius 1 is 1.12 bits per heavy atom. The second-order valence-electron chi connectivity index (χ2n) is 6.55. The summed E-state index contributed by atoms with van der Waals surface area (Å²) in [6, 6.07) is 12.2. The minimum atomic E-state index is -0.636. The molecular formula is C20H17N7O4S. The summed E-state index contributed by atoms with van der Waals surface area (Å²) in [5, 5.41) is 15.1. The van der Waals surface area contributed by atoms with Gasteiger partial charge in [0, 0.05) is 5.56 Å². The zero-order valence-corrected chi connectivity index (χ0v) is 17.8. The number of rotatable bonds is 7. The molecule has 0 unspecified atom stereocenters. The number of nitrogens with one attached hydrogen (secondary N) is 3. The van der Waals surface area contributed by atoms with Gasteiger partial charge in [-0.05, 0) is 42.8 Å². The van der Waals surface area contributed by atoms with Gasteiger partial charge < -0.3 is 10.1 Å². The summed E-state index contributed by atoms with van der Waals surface area (Å²) in [7, 11) is 1.52. The second-order valence-corrected chi connectivity index (χ2v) is 7.58. The Labute approximate surface area is 185 Å². The van der Waals surface area contributed by atoms with Gasteiger partial charge in [-0.1, -0.05) is 23.5 Å². The van der Waals surface area contributed by atoms with Crippen molar-refractivity contribution < 1.29 is 14.5 Å². The Morgan fingerprint density at radius 3 is 2.56 bits per heavy atom. The summed E-state index contributed by atoms with van der Waals surface area (Å²) in [5.74, 6) is -0.131. The van der Waals surface area contributed by atoms with Crippen molar-refractivity contribution >= 4 is 49.9 Å². The molecule has 0 bridgehead atoms. The van der Waals surface area contributed by atoms with E-state index in [-0.39, 0.29) is 11.6 Å². The number of benzene rings is 2. The molecule has 32 heavy (non-hydrogen) atoms. The van der Waals surface area contributed by atoms with Crippen LogP contribution in [0.2, 0.25) is 0 Å². The van der Waals surface area contributed by atoms with Crippen LogP contribution in [0.5, 0.6) is 5.75 Å². The monoisotopic (exact) mass is 451 g/mol. The van der Waals surface area contributed by atoms with E-state index >= 15 is 0 Å². The predicted molar refractivity (Wildman–Crippen MR) is 120 cm³/mol. The summed E-state index contributed by atoms with van der Waals surface area (Å²) >= 11 is 1.35. The number of anilines is 3. The number of hydrogen-bond acceptors (Lipinski definition) is 10. The number of carbonyl (C=O) groups excluding carboxylic acids is 1. The van der Waals surface area contributed by atoms with Crippen molar-refractivity contribution in [1.29, 1.82) is 0 Å². The molecule has 0 atom stereocenters. The fourth-order valence-corrected chi connectivity index (χ4v) is 3.85. The van der Waals surface area contributed by atoms with Gasteiger partial charge in [-0.2, -0.15) is 0 Å². The zero-order chi connectivity index (χ0) is 22.7. The molecule has 0 aliphatic heterocycles. The van der Waals surface area contributed by atoms with Crippen molar-refractivity contribution in [2.24, 2.45) is 0 Å². The second kappa shape index (κ2) is 8.81. The topological polar surface area (TPSA) is 144 Å². The van der Waals surface area contributed by atoms with Crippen LogP contribution in [-0.2, 0) is 0 Å². The molecule has 0 aliphatic carbocycles. The van der Waals surface area contributed by atoms with Crippen LogP contribution in [0.4, 0.5) is 22.5 Å². The molecule has 0 fully saturated rings. The number of methoxy groups -OCH3 is 1. The number of aryl methyl sites for hydroxylation is 1. The Bertz CT molecular complexity index is 1310. The third-order valence-corrected chi connectivity index (χ3v) is 5.43. The van der Waals surface area contributed by atoms with Crippen LogP contribution in [0.3, 0.4) is 0 Å². The molecule has 0 saturated heterocycles. The molecule has 0 radical (unpaired) electrons. The van der Waals surface area contributed by atoms with Gasteiger partial charge in [0.05, 0.1) is 22.2 Å². The lowest BCUT2D eigenvalue weighted by molar-refractivity contribution is -0.383. The minimum Gasteiger partial charge on any atom is -0.497 e. The van der Waals surface area contributed by atoms with Crippen molar-refractivity contribution in [2.75, 3.05) is 17.9 Å². The number of para-hydroxylation sites is 1. The van der Waals surface area contributed by atoms with Crippen LogP contribution in [-0.4, -0.2) is 32.9 Å². The molecule has 0 aliphatic rings. The van der Waals surface area contributed by atoms with Crippen LogP contribution >= 0.6 is 11.3 Å². The Kier molecular flexibility index (Phi) is 5.77. The van der Waals surface area contributed by atoms with Crippen LogP contribution in [0, 0.1) is 17.0 Å². The summed E-state index contributed by atoms with van der Waals surface area (Å²) in [5.41, 5.74) is 6.61. The number of thiazole rings is 1. The van der Waals surface area contributed by atoms with E-state index in [2.05, 4.69) is 31.1 Å². The van der Waals surface area contributed by atoms with E-state index in [1.807, 2.05) is 25.1 Å². The van der Waals surface area contributed by atoms with Crippen LogP contribution < -0.4 is 20.9 Å². The lowest BCUT2D eigenvalue weighted by Gasteiger charge is -2.10. The van der Waals surface area contributed by atoms with Gasteiger partial charge in [-0.3, -0.25) is 25.8 Å². The lowest BCUT2D eigenvalue weighted by atomic mass is 10.2. The molecule has 3 N–H and O–H groups in total. The first-order valence-electron chi connectivity index (χ1n) is 9.29. The smallest absolute Gasteiger partial charge is 0.355 e. The first kappa shape index (κ1) is 20.9. The molecule has 11 nitrogen and oxygen atoms in total. The SMILES string of the molecule is COc1ccc(C(=O)NNc2ncnc(Nc3nc4c(C)cccc4s3)c2[N+](=O)[O-])cc1. The fourth-order valence-electron chi connectivity index (χ4n) is 2.91. The van der Waals surface area contributed by atoms with Crippen LogP contribution in [0.25, 0.3) is 10.2 Å². The van der Waals surface area contributed by atoms with Crippen molar-refractivity contribution in [3.63, 3.8) is 0 Å². The standard InChI is InChI=1S/C20H17N7O4S/c1-11-4-3-5-14-15(11)23-20(32-14)24-17-16(27(29)30)18(22-10-21-17)25-26-19(28)12-6-8-13(31-2)9-7-12/h3-10H,1-2H3,(H,26,28)(H2,21,22,23,24,25). The highest BCUT2D eigenvalue weighted by Crippen LogP contribution is 2.34. The highest BCUT2D eigenvalue weighted by molar-refractivity contribution is 7.22. The number of fused-ring (bicyclic) bond motifs is 1. The van der Waals surface area contributed by atoms with E-state index in [4.69, 9.17) is 4.74 Å². The average Bonchev–Trinajstić information content (AvgIpc) is 3.21. The third kappa shape index (κ3) is 4.25. The maximum absolute atomic E-state index is 12.4. The summed E-state index contributed by atoms with van der Waals surface area (Å²) in [4.78, 5) is 35.8. The van der Waals surface area contributed by atoms with E-state index in [1.54, 1.807) is 24.3 Å². The zero-order valence-electron chi connectivity index (χ0n) is 16.9. The maximum Gasteiger partial charge on any atom is 0.355 e. The molecule has 0 spiro atoms.